The highest BCUT2D eigenvalue weighted by atomic mass is 32.2. The van der Waals surface area contributed by atoms with Crippen LogP contribution >= 0.6 is 11.8 Å². The second-order valence-corrected chi connectivity index (χ2v) is 4.85. The first-order chi connectivity index (χ1) is 7.36. The third kappa shape index (κ3) is 5.24. The van der Waals surface area contributed by atoms with E-state index in [0.717, 1.165) is 0 Å². The minimum atomic E-state index is 0.648. The molecule has 1 aromatic carbocycles. The van der Waals surface area contributed by atoms with E-state index >= 15 is 0 Å². The summed E-state index contributed by atoms with van der Waals surface area (Å²) >= 11 is 1.94. The van der Waals surface area contributed by atoms with Gasteiger partial charge in [0.05, 0.1) is 0 Å². The average molecular weight is 223 g/mol. The Kier molecular flexibility index (Phi) is 6.53. The van der Waals surface area contributed by atoms with Crippen molar-refractivity contribution in [3.63, 3.8) is 0 Å². The topological polar surface area (TPSA) is 12.0 Å². The maximum Gasteiger partial charge on any atom is 0.0158 e. The lowest BCUT2D eigenvalue weighted by Gasteiger charge is -2.14. The zero-order valence-electron chi connectivity index (χ0n) is 9.70. The van der Waals surface area contributed by atoms with Gasteiger partial charge in [-0.25, -0.2) is 0 Å². The van der Waals surface area contributed by atoms with E-state index in [1.54, 1.807) is 0 Å². The molecule has 0 saturated heterocycles. The largest absolute Gasteiger partial charge is 0.316 e. The van der Waals surface area contributed by atoms with Gasteiger partial charge in [-0.2, -0.15) is 0 Å². The maximum absolute atomic E-state index is 3.39. The van der Waals surface area contributed by atoms with Gasteiger partial charge < -0.3 is 5.32 Å². The molecule has 0 saturated carbocycles. The molecule has 1 rings (SSSR count). The van der Waals surface area contributed by atoms with Gasteiger partial charge in [0.15, 0.2) is 0 Å². The van der Waals surface area contributed by atoms with Crippen LogP contribution in [0, 0.1) is 0 Å². The lowest BCUT2D eigenvalue weighted by Crippen LogP contribution is -2.27. The summed E-state index contributed by atoms with van der Waals surface area (Å²) in [4.78, 5) is 1.37. The zero-order chi connectivity index (χ0) is 10.9. The second-order valence-electron chi connectivity index (χ2n) is 3.75. The van der Waals surface area contributed by atoms with Gasteiger partial charge in [-0.15, -0.1) is 11.8 Å². The highest BCUT2D eigenvalue weighted by molar-refractivity contribution is 7.99. The van der Waals surface area contributed by atoms with E-state index in [1.807, 2.05) is 11.8 Å². The summed E-state index contributed by atoms with van der Waals surface area (Å²) in [6, 6.07) is 11.3. The number of hydrogen-bond acceptors (Lipinski definition) is 2. The van der Waals surface area contributed by atoms with Crippen molar-refractivity contribution in [2.45, 2.75) is 37.1 Å². The van der Waals surface area contributed by atoms with E-state index < -0.39 is 0 Å². The first-order valence-electron chi connectivity index (χ1n) is 5.72. The van der Waals surface area contributed by atoms with Crippen LogP contribution in [0.25, 0.3) is 0 Å². The van der Waals surface area contributed by atoms with Crippen LogP contribution in [0.15, 0.2) is 35.2 Å². The van der Waals surface area contributed by atoms with Crippen LogP contribution in [0.5, 0.6) is 0 Å². The molecule has 2 heteroatoms. The molecule has 15 heavy (non-hydrogen) atoms. The molecule has 84 valence electrons. The van der Waals surface area contributed by atoms with Gasteiger partial charge in [0.25, 0.3) is 0 Å². The molecule has 0 aromatic heterocycles. The number of unbranched alkanes of at least 4 members (excludes halogenated alkanes) is 1. The van der Waals surface area contributed by atoms with Crippen LogP contribution in [-0.4, -0.2) is 18.8 Å². The average Bonchev–Trinajstić information content (AvgIpc) is 2.31. The summed E-state index contributed by atoms with van der Waals surface area (Å²) in [5, 5.41) is 3.39. The molecule has 1 unspecified atom stereocenters. The third-order valence-corrected chi connectivity index (χ3v) is 3.68. The van der Waals surface area contributed by atoms with Gasteiger partial charge in [-0.05, 0) is 25.6 Å². The molecule has 0 radical (unpaired) electrons. The number of nitrogens with one attached hydrogen (secondary N) is 1. The van der Waals surface area contributed by atoms with Crippen molar-refractivity contribution in [1.29, 1.82) is 0 Å². The van der Waals surface area contributed by atoms with Crippen LogP contribution < -0.4 is 5.32 Å². The fraction of sp³-hybridized carbons (Fsp3) is 0.538. The lowest BCUT2D eigenvalue weighted by atomic mass is 10.1. The molecule has 0 aliphatic carbocycles. The SMILES string of the molecule is CCCCC(CSc1ccccc1)NC. The van der Waals surface area contributed by atoms with Crippen LogP contribution in [-0.2, 0) is 0 Å². The van der Waals surface area contributed by atoms with Gasteiger partial charge in [-0.1, -0.05) is 38.0 Å². The minimum Gasteiger partial charge on any atom is -0.316 e. The highest BCUT2D eigenvalue weighted by Gasteiger charge is 2.05. The molecular formula is C13H21NS. The van der Waals surface area contributed by atoms with Crippen LogP contribution in [0.1, 0.15) is 26.2 Å². The number of benzene rings is 1. The van der Waals surface area contributed by atoms with E-state index in [0.29, 0.717) is 6.04 Å². The van der Waals surface area contributed by atoms with Gasteiger partial charge in [0.1, 0.15) is 0 Å². The Morgan fingerprint density at radius 3 is 2.60 bits per heavy atom. The molecule has 1 atom stereocenters. The van der Waals surface area contributed by atoms with Crippen molar-refractivity contribution in [3.8, 4) is 0 Å². The van der Waals surface area contributed by atoms with E-state index in [2.05, 4.69) is 49.6 Å². The van der Waals surface area contributed by atoms with Crippen molar-refractivity contribution in [1.82, 2.24) is 5.32 Å². The third-order valence-electron chi connectivity index (χ3n) is 2.51. The summed E-state index contributed by atoms with van der Waals surface area (Å²) in [7, 11) is 2.06. The fourth-order valence-corrected chi connectivity index (χ4v) is 2.55. The molecule has 0 bridgehead atoms. The Labute approximate surface area is 97.7 Å². The molecule has 1 nitrogen and oxygen atoms in total. The highest BCUT2D eigenvalue weighted by Crippen LogP contribution is 2.19. The summed E-state index contributed by atoms with van der Waals surface area (Å²) in [5.74, 6) is 1.17. The van der Waals surface area contributed by atoms with Crippen molar-refractivity contribution in [2.24, 2.45) is 0 Å². The van der Waals surface area contributed by atoms with Crippen molar-refractivity contribution in [2.75, 3.05) is 12.8 Å². The Morgan fingerprint density at radius 2 is 2.00 bits per heavy atom. The predicted octanol–water partition coefficient (Wildman–Crippen LogP) is 3.56. The van der Waals surface area contributed by atoms with Crippen LogP contribution in [0.3, 0.4) is 0 Å². The zero-order valence-corrected chi connectivity index (χ0v) is 10.5. The number of rotatable bonds is 7. The Hall–Kier alpha value is -0.470. The normalized spacial score (nSPS) is 12.7. The monoisotopic (exact) mass is 223 g/mol. The predicted molar refractivity (Wildman–Crippen MR) is 69.5 cm³/mol. The fourth-order valence-electron chi connectivity index (χ4n) is 1.48. The van der Waals surface area contributed by atoms with E-state index in [1.165, 1.54) is 29.9 Å². The summed E-state index contributed by atoms with van der Waals surface area (Å²) in [5.41, 5.74) is 0. The first-order valence-corrected chi connectivity index (χ1v) is 6.70. The van der Waals surface area contributed by atoms with Gasteiger partial charge in [0.2, 0.25) is 0 Å². The molecule has 0 aliphatic heterocycles. The molecule has 0 amide bonds. The van der Waals surface area contributed by atoms with Crippen molar-refractivity contribution < 1.29 is 0 Å². The molecule has 0 spiro atoms. The first kappa shape index (κ1) is 12.6. The smallest absolute Gasteiger partial charge is 0.0158 e. The van der Waals surface area contributed by atoms with Crippen molar-refractivity contribution in [3.05, 3.63) is 30.3 Å². The Balaban J connectivity index is 2.28. The summed E-state index contributed by atoms with van der Waals surface area (Å²) in [6.45, 7) is 2.25. The number of hydrogen-bond donors (Lipinski definition) is 1. The van der Waals surface area contributed by atoms with E-state index in [-0.39, 0.29) is 0 Å². The minimum absolute atomic E-state index is 0.648. The van der Waals surface area contributed by atoms with Crippen LogP contribution in [0.2, 0.25) is 0 Å². The van der Waals surface area contributed by atoms with Crippen LogP contribution in [0.4, 0.5) is 0 Å². The summed E-state index contributed by atoms with van der Waals surface area (Å²) in [6.07, 6.45) is 3.89. The standard InChI is InChI=1S/C13H21NS/c1-3-4-8-12(14-2)11-15-13-9-6-5-7-10-13/h5-7,9-10,12,14H,3-4,8,11H2,1-2H3. The second kappa shape index (κ2) is 7.77. The molecule has 0 fully saturated rings. The Morgan fingerprint density at radius 1 is 1.27 bits per heavy atom. The van der Waals surface area contributed by atoms with Crippen molar-refractivity contribution >= 4 is 11.8 Å². The van der Waals surface area contributed by atoms with Gasteiger partial charge >= 0.3 is 0 Å². The van der Waals surface area contributed by atoms with E-state index in [9.17, 15) is 0 Å². The molecule has 0 heterocycles. The van der Waals surface area contributed by atoms with E-state index in [4.69, 9.17) is 0 Å². The quantitative estimate of drug-likeness (QED) is 0.709. The Bertz CT molecular complexity index is 248. The van der Waals surface area contributed by atoms with Gasteiger partial charge in [-0.3, -0.25) is 0 Å². The maximum atomic E-state index is 3.39. The molecule has 1 N–H and O–H groups in total. The molecule has 0 aliphatic rings. The van der Waals surface area contributed by atoms with Gasteiger partial charge in [0, 0.05) is 16.7 Å². The number of thioether (sulfide) groups is 1. The lowest BCUT2D eigenvalue weighted by molar-refractivity contribution is 0.544. The molecule has 1 aromatic rings. The summed E-state index contributed by atoms with van der Waals surface area (Å²) < 4.78 is 0. The molecular weight excluding hydrogens is 202 g/mol.